The number of carboxylic acids is 1. The van der Waals surface area contributed by atoms with Crippen molar-refractivity contribution in [1.29, 1.82) is 0 Å². The van der Waals surface area contributed by atoms with Crippen molar-refractivity contribution in [1.82, 2.24) is 19.9 Å². The average molecular weight is 222 g/mol. The number of hydrogen-bond donors (Lipinski definition) is 1. The van der Waals surface area contributed by atoms with E-state index in [4.69, 9.17) is 5.11 Å². The summed E-state index contributed by atoms with van der Waals surface area (Å²) in [6.07, 6.45) is 4.35. The van der Waals surface area contributed by atoms with Crippen molar-refractivity contribution in [3.63, 3.8) is 0 Å². The highest BCUT2D eigenvalue weighted by molar-refractivity contribution is 5.84. The summed E-state index contributed by atoms with van der Waals surface area (Å²) in [7, 11) is 0. The third kappa shape index (κ3) is 2.11. The number of hydrogen-bond acceptors (Lipinski definition) is 4. The first kappa shape index (κ1) is 10.8. The van der Waals surface area contributed by atoms with Crippen molar-refractivity contribution in [2.24, 2.45) is 0 Å². The van der Waals surface area contributed by atoms with E-state index in [0.717, 1.165) is 26.1 Å². The lowest BCUT2D eigenvalue weighted by Gasteiger charge is -2.38. The van der Waals surface area contributed by atoms with E-state index in [0.29, 0.717) is 0 Å². The summed E-state index contributed by atoms with van der Waals surface area (Å²) in [5.74, 6) is -1.03. The quantitative estimate of drug-likeness (QED) is 0.730. The number of carboxylic acid groups (broad SMARTS) is 1. The first-order valence-corrected chi connectivity index (χ1v) is 5.19. The number of likely N-dealkylation sites (tertiary alicyclic amines) is 1. The highest BCUT2D eigenvalue weighted by Gasteiger charge is 2.28. The Morgan fingerprint density at radius 2 is 2.44 bits per heavy atom. The zero-order valence-electron chi connectivity index (χ0n) is 8.91. The Labute approximate surface area is 93.2 Å². The lowest BCUT2D eigenvalue weighted by Crippen LogP contribution is -2.48. The Morgan fingerprint density at radius 3 is 3.00 bits per heavy atom. The summed E-state index contributed by atoms with van der Waals surface area (Å²) in [5, 5.41) is 16.1. The highest BCUT2D eigenvalue weighted by atomic mass is 16.4. The third-order valence-corrected chi connectivity index (χ3v) is 2.69. The molecule has 1 aliphatic rings. The molecule has 0 aromatic carbocycles. The molecule has 2 rings (SSSR count). The second kappa shape index (κ2) is 4.44. The smallest absolute Gasteiger partial charge is 0.358 e. The first-order valence-electron chi connectivity index (χ1n) is 5.19. The van der Waals surface area contributed by atoms with Gasteiger partial charge in [-0.2, -0.15) is 0 Å². The minimum atomic E-state index is -1.03. The normalized spacial score (nSPS) is 17.0. The van der Waals surface area contributed by atoms with E-state index in [2.05, 4.69) is 21.8 Å². The van der Waals surface area contributed by atoms with Crippen LogP contribution in [-0.2, 0) is 0 Å². The molecule has 16 heavy (non-hydrogen) atoms. The molecule has 1 aromatic rings. The fourth-order valence-electron chi connectivity index (χ4n) is 1.72. The van der Waals surface area contributed by atoms with E-state index in [-0.39, 0.29) is 11.7 Å². The van der Waals surface area contributed by atoms with Crippen LogP contribution in [-0.4, -0.2) is 50.6 Å². The summed E-state index contributed by atoms with van der Waals surface area (Å²) in [6, 6.07) is 0.255. The van der Waals surface area contributed by atoms with Gasteiger partial charge in [-0.05, 0) is 6.42 Å². The van der Waals surface area contributed by atoms with Crippen molar-refractivity contribution in [3.05, 3.63) is 24.5 Å². The van der Waals surface area contributed by atoms with Crippen LogP contribution in [0.2, 0.25) is 0 Å². The van der Waals surface area contributed by atoms with Crippen LogP contribution in [0, 0.1) is 0 Å². The molecule has 86 valence electrons. The molecule has 0 amide bonds. The lowest BCUT2D eigenvalue weighted by atomic mass is 10.1. The predicted molar refractivity (Wildman–Crippen MR) is 57.3 cm³/mol. The molecular weight excluding hydrogens is 208 g/mol. The summed E-state index contributed by atoms with van der Waals surface area (Å²) in [5.41, 5.74) is 0.00421. The highest BCUT2D eigenvalue weighted by Crippen LogP contribution is 2.20. The van der Waals surface area contributed by atoms with Crippen LogP contribution in [0.4, 0.5) is 0 Å². The molecular formula is C10H14N4O2. The monoisotopic (exact) mass is 222 g/mol. The largest absolute Gasteiger partial charge is 0.476 e. The van der Waals surface area contributed by atoms with Gasteiger partial charge < -0.3 is 5.11 Å². The van der Waals surface area contributed by atoms with Gasteiger partial charge in [0.05, 0.1) is 12.2 Å². The Kier molecular flexibility index (Phi) is 3.00. The molecule has 0 saturated carbocycles. The molecule has 0 aliphatic carbocycles. The minimum absolute atomic E-state index is 0.00421. The molecule has 6 heteroatoms. The van der Waals surface area contributed by atoms with E-state index in [9.17, 15) is 4.79 Å². The number of rotatable bonds is 5. The van der Waals surface area contributed by atoms with Crippen molar-refractivity contribution in [3.8, 4) is 0 Å². The molecule has 0 radical (unpaired) electrons. The minimum Gasteiger partial charge on any atom is -0.476 e. The molecule has 1 aromatic heterocycles. The van der Waals surface area contributed by atoms with Gasteiger partial charge in [0.15, 0.2) is 5.69 Å². The standard InChI is InChI=1S/C10H14N4O2/c1-2-3-4-13-5-8(6-13)14-7-9(10(15)16)11-12-14/h2,7-8H,1,3-6H2,(H,15,16). The van der Waals surface area contributed by atoms with Crippen LogP contribution < -0.4 is 0 Å². The maximum absolute atomic E-state index is 10.6. The summed E-state index contributed by atoms with van der Waals surface area (Å²) in [4.78, 5) is 12.9. The first-order chi connectivity index (χ1) is 7.70. The summed E-state index contributed by atoms with van der Waals surface area (Å²) < 4.78 is 1.63. The van der Waals surface area contributed by atoms with Gasteiger partial charge in [0.1, 0.15) is 0 Å². The molecule has 0 atom stereocenters. The molecule has 1 fully saturated rings. The van der Waals surface area contributed by atoms with Crippen LogP contribution in [0.1, 0.15) is 23.0 Å². The second-order valence-electron chi connectivity index (χ2n) is 3.88. The Hall–Kier alpha value is -1.69. The SMILES string of the molecule is C=CCCN1CC(n2cc(C(=O)O)nn2)C1. The van der Waals surface area contributed by atoms with E-state index in [1.54, 1.807) is 4.68 Å². The second-order valence-corrected chi connectivity index (χ2v) is 3.88. The van der Waals surface area contributed by atoms with Crippen molar-refractivity contribution >= 4 is 5.97 Å². The van der Waals surface area contributed by atoms with E-state index < -0.39 is 5.97 Å². The third-order valence-electron chi connectivity index (χ3n) is 2.69. The Bertz CT molecular complexity index is 395. The molecule has 0 bridgehead atoms. The number of aromatic carboxylic acids is 1. The fourth-order valence-corrected chi connectivity index (χ4v) is 1.72. The van der Waals surface area contributed by atoms with E-state index in [1.807, 2.05) is 6.08 Å². The fraction of sp³-hybridized carbons (Fsp3) is 0.500. The van der Waals surface area contributed by atoms with Crippen molar-refractivity contribution in [2.75, 3.05) is 19.6 Å². The van der Waals surface area contributed by atoms with Gasteiger partial charge in [-0.25, -0.2) is 9.48 Å². The Morgan fingerprint density at radius 1 is 1.69 bits per heavy atom. The lowest BCUT2D eigenvalue weighted by molar-refractivity contribution is 0.0690. The zero-order chi connectivity index (χ0) is 11.5. The van der Waals surface area contributed by atoms with Gasteiger partial charge in [-0.1, -0.05) is 11.3 Å². The maximum Gasteiger partial charge on any atom is 0.358 e. The molecule has 1 N–H and O–H groups in total. The topological polar surface area (TPSA) is 71.2 Å². The summed E-state index contributed by atoms with van der Waals surface area (Å²) in [6.45, 7) is 6.47. The van der Waals surface area contributed by atoms with Crippen LogP contribution in [0.3, 0.4) is 0 Å². The molecule has 1 saturated heterocycles. The van der Waals surface area contributed by atoms with E-state index >= 15 is 0 Å². The molecule has 2 heterocycles. The van der Waals surface area contributed by atoms with Gasteiger partial charge in [0.25, 0.3) is 0 Å². The van der Waals surface area contributed by atoms with Crippen molar-refractivity contribution in [2.45, 2.75) is 12.5 Å². The van der Waals surface area contributed by atoms with Crippen LogP contribution in [0.5, 0.6) is 0 Å². The number of nitrogens with zero attached hydrogens (tertiary/aromatic N) is 4. The van der Waals surface area contributed by atoms with Crippen LogP contribution >= 0.6 is 0 Å². The molecule has 6 nitrogen and oxygen atoms in total. The van der Waals surface area contributed by atoms with Gasteiger partial charge in [0.2, 0.25) is 0 Å². The van der Waals surface area contributed by atoms with E-state index in [1.165, 1.54) is 6.20 Å². The molecule has 0 unspecified atom stereocenters. The van der Waals surface area contributed by atoms with Crippen molar-refractivity contribution < 1.29 is 9.90 Å². The molecule has 1 aliphatic heterocycles. The predicted octanol–water partition coefficient (Wildman–Crippen LogP) is 0.409. The average Bonchev–Trinajstić information content (AvgIpc) is 2.64. The van der Waals surface area contributed by atoms with Gasteiger partial charge in [0, 0.05) is 19.6 Å². The summed E-state index contributed by atoms with van der Waals surface area (Å²) >= 11 is 0. The van der Waals surface area contributed by atoms with Gasteiger partial charge in [-0.3, -0.25) is 4.90 Å². The van der Waals surface area contributed by atoms with Crippen LogP contribution in [0.15, 0.2) is 18.9 Å². The maximum atomic E-state index is 10.6. The van der Waals surface area contributed by atoms with Gasteiger partial charge in [-0.15, -0.1) is 11.7 Å². The molecule has 0 spiro atoms. The van der Waals surface area contributed by atoms with Gasteiger partial charge >= 0.3 is 5.97 Å². The number of aromatic nitrogens is 3. The van der Waals surface area contributed by atoms with Crippen LogP contribution in [0.25, 0.3) is 0 Å². The zero-order valence-corrected chi connectivity index (χ0v) is 8.91. The Balaban J connectivity index is 1.86. The number of carbonyl (C=O) groups is 1.